The Hall–Kier alpha value is -1.36. The lowest BCUT2D eigenvalue weighted by molar-refractivity contribution is -0.121. The van der Waals surface area contributed by atoms with Crippen LogP contribution >= 0.6 is 24.0 Å². The van der Waals surface area contributed by atoms with Gasteiger partial charge in [0, 0.05) is 25.6 Å². The molecule has 1 atom stereocenters. The van der Waals surface area contributed by atoms with Gasteiger partial charge in [-0.3, -0.25) is 4.79 Å². The van der Waals surface area contributed by atoms with Crippen LogP contribution in [-0.4, -0.2) is 50.9 Å². The third-order valence-corrected chi connectivity index (χ3v) is 6.26. The van der Waals surface area contributed by atoms with E-state index in [0.29, 0.717) is 25.5 Å². The Morgan fingerprint density at radius 3 is 2.50 bits per heavy atom. The molecule has 0 spiro atoms. The predicted octanol–water partition coefficient (Wildman–Crippen LogP) is 1.62. The molecule has 2 rings (SSSR count). The highest BCUT2D eigenvalue weighted by molar-refractivity contribution is 14.0. The number of aliphatic imine (C=N–C) groups is 1. The average molecular weight is 522 g/mol. The minimum absolute atomic E-state index is 0. The van der Waals surface area contributed by atoms with Gasteiger partial charge in [0.1, 0.15) is 0 Å². The Morgan fingerprint density at radius 2 is 1.89 bits per heavy atom. The van der Waals surface area contributed by atoms with Crippen LogP contribution in [0.1, 0.15) is 37.8 Å². The van der Waals surface area contributed by atoms with E-state index in [4.69, 9.17) is 0 Å². The molecule has 0 aromatic heterocycles. The number of halogens is 1. The maximum atomic E-state index is 12.0. The van der Waals surface area contributed by atoms with Crippen LogP contribution in [0.5, 0.6) is 0 Å². The van der Waals surface area contributed by atoms with E-state index in [1.54, 1.807) is 0 Å². The lowest BCUT2D eigenvalue weighted by atomic mass is 10.1. The highest BCUT2D eigenvalue weighted by Gasteiger charge is 2.28. The standard InChI is InChI=1S/C19H30N4O3S.HI/c1-3-15-7-5-6-8-16(15)13-22-19(20-4-2)21-11-9-18(24)23-17-10-12-27(25,26)14-17;/h5-8,17H,3-4,9-14H2,1-2H3,(H,23,24)(H2,20,21,22);1H. The van der Waals surface area contributed by atoms with Crippen molar-refractivity contribution < 1.29 is 13.2 Å². The normalized spacial score (nSPS) is 18.2. The summed E-state index contributed by atoms with van der Waals surface area (Å²) in [5, 5.41) is 9.13. The Bertz CT molecular complexity index is 768. The summed E-state index contributed by atoms with van der Waals surface area (Å²) >= 11 is 0. The van der Waals surface area contributed by atoms with E-state index in [0.717, 1.165) is 13.0 Å². The molecule has 1 aliphatic rings. The first-order chi connectivity index (χ1) is 12.9. The van der Waals surface area contributed by atoms with Crippen molar-refractivity contribution in [3.05, 3.63) is 35.4 Å². The van der Waals surface area contributed by atoms with Crippen LogP contribution in [0.15, 0.2) is 29.3 Å². The number of sulfone groups is 1. The number of carbonyl (C=O) groups excluding carboxylic acids is 1. The van der Waals surface area contributed by atoms with Crippen LogP contribution in [0.3, 0.4) is 0 Å². The van der Waals surface area contributed by atoms with Crippen molar-refractivity contribution in [1.29, 1.82) is 0 Å². The largest absolute Gasteiger partial charge is 0.357 e. The van der Waals surface area contributed by atoms with Crippen molar-refractivity contribution in [2.45, 2.75) is 45.7 Å². The van der Waals surface area contributed by atoms with Crippen LogP contribution < -0.4 is 16.0 Å². The number of nitrogens with one attached hydrogen (secondary N) is 3. The van der Waals surface area contributed by atoms with Crippen molar-refractivity contribution >= 4 is 45.7 Å². The van der Waals surface area contributed by atoms with E-state index in [2.05, 4.69) is 40.0 Å². The monoisotopic (exact) mass is 522 g/mol. The first kappa shape index (κ1) is 24.7. The van der Waals surface area contributed by atoms with Crippen LogP contribution in [0.2, 0.25) is 0 Å². The Kier molecular flexibility index (Phi) is 10.8. The van der Waals surface area contributed by atoms with Gasteiger partial charge in [0.05, 0.1) is 18.1 Å². The lowest BCUT2D eigenvalue weighted by Gasteiger charge is -2.13. The van der Waals surface area contributed by atoms with E-state index in [-0.39, 0.29) is 53.9 Å². The summed E-state index contributed by atoms with van der Waals surface area (Å²) in [5.41, 5.74) is 2.47. The Balaban J connectivity index is 0.00000392. The first-order valence-electron chi connectivity index (χ1n) is 9.52. The lowest BCUT2D eigenvalue weighted by Crippen LogP contribution is -2.41. The second-order valence-electron chi connectivity index (χ2n) is 6.66. The van der Waals surface area contributed by atoms with Crippen molar-refractivity contribution in [2.24, 2.45) is 4.99 Å². The van der Waals surface area contributed by atoms with Gasteiger partial charge in [-0.15, -0.1) is 24.0 Å². The van der Waals surface area contributed by atoms with Crippen LogP contribution in [0, 0.1) is 0 Å². The molecule has 1 amide bonds. The molecule has 1 aromatic rings. The van der Waals surface area contributed by atoms with Crippen molar-refractivity contribution in [3.8, 4) is 0 Å². The summed E-state index contributed by atoms with van der Waals surface area (Å²) in [4.78, 5) is 16.6. The minimum atomic E-state index is -2.98. The molecule has 7 nitrogen and oxygen atoms in total. The smallest absolute Gasteiger partial charge is 0.222 e. The van der Waals surface area contributed by atoms with E-state index < -0.39 is 9.84 Å². The van der Waals surface area contributed by atoms with Crippen LogP contribution in [-0.2, 0) is 27.6 Å². The summed E-state index contributed by atoms with van der Waals surface area (Å²) in [6.45, 7) is 5.86. The molecule has 1 heterocycles. The number of hydrogen-bond acceptors (Lipinski definition) is 4. The second kappa shape index (κ2) is 12.3. The molecule has 0 radical (unpaired) electrons. The summed E-state index contributed by atoms with van der Waals surface area (Å²) in [5.74, 6) is 0.733. The van der Waals surface area contributed by atoms with Crippen LogP contribution in [0.4, 0.5) is 0 Å². The maximum absolute atomic E-state index is 12.0. The zero-order valence-electron chi connectivity index (χ0n) is 16.5. The minimum Gasteiger partial charge on any atom is -0.357 e. The summed E-state index contributed by atoms with van der Waals surface area (Å²) in [6.07, 6.45) is 1.74. The average Bonchev–Trinajstić information content (AvgIpc) is 2.98. The second-order valence-corrected chi connectivity index (χ2v) is 8.89. The number of rotatable bonds is 8. The van der Waals surface area contributed by atoms with Gasteiger partial charge in [0.25, 0.3) is 0 Å². The molecule has 1 fully saturated rings. The molecule has 1 saturated heterocycles. The molecule has 0 saturated carbocycles. The van der Waals surface area contributed by atoms with E-state index in [9.17, 15) is 13.2 Å². The zero-order valence-corrected chi connectivity index (χ0v) is 19.7. The topological polar surface area (TPSA) is 99.7 Å². The molecule has 3 N–H and O–H groups in total. The van der Waals surface area contributed by atoms with Gasteiger partial charge in [0.15, 0.2) is 15.8 Å². The summed E-state index contributed by atoms with van der Waals surface area (Å²) in [6, 6.07) is 7.98. The van der Waals surface area contributed by atoms with Gasteiger partial charge in [-0.1, -0.05) is 31.2 Å². The van der Waals surface area contributed by atoms with Crippen LogP contribution in [0.25, 0.3) is 0 Å². The van der Waals surface area contributed by atoms with Gasteiger partial charge in [-0.05, 0) is 30.9 Å². The predicted molar refractivity (Wildman–Crippen MR) is 124 cm³/mol. The highest BCUT2D eigenvalue weighted by Crippen LogP contribution is 2.11. The number of amides is 1. The number of hydrogen-bond donors (Lipinski definition) is 3. The third kappa shape index (κ3) is 8.34. The summed E-state index contributed by atoms with van der Waals surface area (Å²) < 4.78 is 22.9. The van der Waals surface area contributed by atoms with Crippen molar-refractivity contribution in [3.63, 3.8) is 0 Å². The van der Waals surface area contributed by atoms with E-state index >= 15 is 0 Å². The summed E-state index contributed by atoms with van der Waals surface area (Å²) in [7, 11) is -2.98. The SMILES string of the molecule is CCNC(=NCc1ccccc1CC)NCCC(=O)NC1CCS(=O)(=O)C1.I. The Labute approximate surface area is 185 Å². The molecular formula is C19H31IN4O3S. The third-order valence-electron chi connectivity index (χ3n) is 4.49. The molecule has 9 heteroatoms. The van der Waals surface area contributed by atoms with Crippen molar-refractivity contribution in [2.75, 3.05) is 24.6 Å². The number of nitrogens with zero attached hydrogens (tertiary/aromatic N) is 1. The van der Waals surface area contributed by atoms with Gasteiger partial charge >= 0.3 is 0 Å². The Morgan fingerprint density at radius 1 is 1.18 bits per heavy atom. The molecule has 0 bridgehead atoms. The fraction of sp³-hybridized carbons (Fsp3) is 0.579. The quantitative estimate of drug-likeness (QED) is 0.274. The van der Waals surface area contributed by atoms with Gasteiger partial charge in [0.2, 0.25) is 5.91 Å². The molecular weight excluding hydrogens is 491 g/mol. The van der Waals surface area contributed by atoms with E-state index in [1.165, 1.54) is 11.1 Å². The molecule has 28 heavy (non-hydrogen) atoms. The zero-order chi connectivity index (χ0) is 19.7. The number of guanidine groups is 1. The molecule has 0 aliphatic carbocycles. The first-order valence-corrected chi connectivity index (χ1v) is 11.3. The van der Waals surface area contributed by atoms with Gasteiger partial charge in [-0.25, -0.2) is 13.4 Å². The molecule has 158 valence electrons. The number of carbonyl (C=O) groups is 1. The highest BCUT2D eigenvalue weighted by atomic mass is 127. The van der Waals surface area contributed by atoms with E-state index in [1.807, 2.05) is 19.1 Å². The molecule has 1 aliphatic heterocycles. The fourth-order valence-corrected chi connectivity index (χ4v) is 4.74. The number of benzene rings is 1. The fourth-order valence-electron chi connectivity index (χ4n) is 3.07. The molecule has 1 unspecified atom stereocenters. The number of aryl methyl sites for hydroxylation is 1. The maximum Gasteiger partial charge on any atom is 0.222 e. The van der Waals surface area contributed by atoms with Crippen molar-refractivity contribution in [1.82, 2.24) is 16.0 Å². The van der Waals surface area contributed by atoms with Gasteiger partial charge in [-0.2, -0.15) is 0 Å². The molecule has 1 aromatic carbocycles. The van der Waals surface area contributed by atoms with Gasteiger partial charge < -0.3 is 16.0 Å².